The normalized spacial score (nSPS) is 11.0. The minimum Gasteiger partial charge on any atom is -0.476 e. The Morgan fingerprint density at radius 2 is 1.96 bits per heavy atom. The van der Waals surface area contributed by atoms with E-state index in [4.69, 9.17) is 16.3 Å². The Hall–Kier alpha value is -2.37. The monoisotopic (exact) mass is 355 g/mol. The van der Waals surface area contributed by atoms with E-state index in [0.29, 0.717) is 12.5 Å². The van der Waals surface area contributed by atoms with Crippen LogP contribution in [0.25, 0.3) is 16.9 Å². The molecule has 0 bridgehead atoms. The van der Waals surface area contributed by atoms with Crippen molar-refractivity contribution in [2.24, 2.45) is 0 Å². The van der Waals surface area contributed by atoms with Crippen molar-refractivity contribution in [3.05, 3.63) is 70.0 Å². The first kappa shape index (κ1) is 15.2. The number of fused-ring (bicyclic) bond motifs is 1. The first-order chi connectivity index (χ1) is 11.8. The van der Waals surface area contributed by atoms with Gasteiger partial charge in [-0.15, -0.1) is 5.10 Å². The second-order valence-corrected chi connectivity index (χ2v) is 6.54. The summed E-state index contributed by atoms with van der Waals surface area (Å²) in [5, 5.41) is 9.42. The number of halogens is 1. The van der Waals surface area contributed by atoms with Gasteiger partial charge in [0.25, 0.3) is 0 Å². The molecule has 3 heterocycles. The van der Waals surface area contributed by atoms with Crippen LogP contribution >= 0.6 is 22.9 Å². The van der Waals surface area contributed by atoms with E-state index in [-0.39, 0.29) is 0 Å². The molecule has 0 aliphatic rings. The second kappa shape index (κ2) is 6.63. The lowest BCUT2D eigenvalue weighted by molar-refractivity contribution is 0.305. The van der Waals surface area contributed by atoms with Crippen LogP contribution in [0.5, 0.6) is 5.88 Å². The number of hydrogen-bond acceptors (Lipinski definition) is 4. The molecule has 0 N–H and O–H groups in total. The molecule has 6 heteroatoms. The zero-order valence-corrected chi connectivity index (χ0v) is 14.3. The van der Waals surface area contributed by atoms with Crippen molar-refractivity contribution in [1.82, 2.24) is 14.6 Å². The number of aromatic nitrogens is 3. The average Bonchev–Trinajstić information content (AvgIpc) is 3.25. The molecule has 0 atom stereocenters. The van der Waals surface area contributed by atoms with E-state index < -0.39 is 0 Å². The van der Waals surface area contributed by atoms with Crippen LogP contribution in [-0.4, -0.2) is 21.2 Å². The summed E-state index contributed by atoms with van der Waals surface area (Å²) in [4.78, 5) is 4.39. The minimum atomic E-state index is 0.558. The average molecular weight is 356 g/mol. The molecule has 0 aliphatic carbocycles. The molecule has 0 spiro atoms. The summed E-state index contributed by atoms with van der Waals surface area (Å²) in [6.07, 6.45) is 2.64. The van der Waals surface area contributed by atoms with Crippen LogP contribution in [0.15, 0.2) is 59.4 Å². The molecule has 3 aromatic heterocycles. The van der Waals surface area contributed by atoms with Gasteiger partial charge >= 0.3 is 0 Å². The maximum atomic E-state index is 5.89. The van der Waals surface area contributed by atoms with Gasteiger partial charge in [0, 0.05) is 28.5 Å². The highest BCUT2D eigenvalue weighted by atomic mass is 35.5. The Balaban J connectivity index is 1.50. The van der Waals surface area contributed by atoms with Crippen LogP contribution in [0, 0.1) is 0 Å². The smallest absolute Gasteiger partial charge is 0.231 e. The number of imidazole rings is 1. The fourth-order valence-electron chi connectivity index (χ4n) is 2.47. The van der Waals surface area contributed by atoms with Gasteiger partial charge in [0.2, 0.25) is 5.88 Å². The van der Waals surface area contributed by atoms with Crippen molar-refractivity contribution in [3.8, 4) is 17.1 Å². The fourth-order valence-corrected chi connectivity index (χ4v) is 3.24. The maximum Gasteiger partial charge on any atom is 0.231 e. The van der Waals surface area contributed by atoms with Crippen molar-refractivity contribution >= 4 is 28.6 Å². The van der Waals surface area contributed by atoms with Crippen LogP contribution in [0.1, 0.15) is 5.56 Å². The summed E-state index contributed by atoms with van der Waals surface area (Å²) in [6.45, 7) is 0.558. The number of nitrogens with zero attached hydrogens (tertiary/aromatic N) is 3. The molecule has 0 saturated heterocycles. The Morgan fingerprint density at radius 3 is 2.75 bits per heavy atom. The molecule has 4 rings (SSSR count). The predicted molar refractivity (Wildman–Crippen MR) is 97.0 cm³/mol. The molecule has 0 aliphatic heterocycles. The molecule has 24 heavy (non-hydrogen) atoms. The number of hydrogen-bond donors (Lipinski definition) is 0. The van der Waals surface area contributed by atoms with Crippen LogP contribution in [0.4, 0.5) is 0 Å². The van der Waals surface area contributed by atoms with E-state index in [1.165, 1.54) is 5.56 Å². The van der Waals surface area contributed by atoms with Gasteiger partial charge in [-0.3, -0.25) is 0 Å². The Bertz CT molecular complexity index is 948. The predicted octanol–water partition coefficient (Wildman–Crippen LogP) is 4.73. The summed E-state index contributed by atoms with van der Waals surface area (Å²) in [7, 11) is 0. The van der Waals surface area contributed by atoms with Crippen LogP contribution in [0.2, 0.25) is 5.02 Å². The zero-order chi connectivity index (χ0) is 16.4. The van der Waals surface area contributed by atoms with Crippen molar-refractivity contribution in [2.75, 3.05) is 6.61 Å². The van der Waals surface area contributed by atoms with Gasteiger partial charge in [-0.05, 0) is 35.2 Å². The van der Waals surface area contributed by atoms with E-state index in [1.54, 1.807) is 11.3 Å². The van der Waals surface area contributed by atoms with Crippen molar-refractivity contribution in [3.63, 3.8) is 0 Å². The zero-order valence-electron chi connectivity index (χ0n) is 12.7. The Kier molecular flexibility index (Phi) is 4.19. The number of benzene rings is 1. The molecule has 0 radical (unpaired) electrons. The van der Waals surface area contributed by atoms with Gasteiger partial charge in [0.05, 0.1) is 18.5 Å². The summed E-state index contributed by atoms with van der Waals surface area (Å²) >= 11 is 7.55. The molecule has 4 nitrogen and oxygen atoms in total. The third-order valence-corrected chi connectivity index (χ3v) is 4.64. The molecule has 0 saturated carbocycles. The molecule has 120 valence electrons. The van der Waals surface area contributed by atoms with E-state index in [1.807, 2.05) is 52.5 Å². The van der Waals surface area contributed by atoms with E-state index in [9.17, 15) is 0 Å². The molecule has 1 aromatic carbocycles. The molecular weight excluding hydrogens is 342 g/mol. The van der Waals surface area contributed by atoms with Gasteiger partial charge in [-0.1, -0.05) is 23.7 Å². The topological polar surface area (TPSA) is 39.4 Å². The molecular formula is C18H14ClN3OS. The van der Waals surface area contributed by atoms with Gasteiger partial charge in [0.1, 0.15) is 0 Å². The Morgan fingerprint density at radius 1 is 1.08 bits per heavy atom. The summed E-state index contributed by atoms with van der Waals surface area (Å²) in [5.74, 6) is 0.589. The van der Waals surface area contributed by atoms with Crippen molar-refractivity contribution in [1.29, 1.82) is 0 Å². The van der Waals surface area contributed by atoms with Crippen LogP contribution in [0.3, 0.4) is 0 Å². The lowest BCUT2D eigenvalue weighted by Crippen LogP contribution is -2.05. The van der Waals surface area contributed by atoms with Gasteiger partial charge < -0.3 is 4.74 Å². The quantitative estimate of drug-likeness (QED) is 0.519. The largest absolute Gasteiger partial charge is 0.476 e. The molecule has 0 fully saturated rings. The van der Waals surface area contributed by atoms with E-state index in [2.05, 4.69) is 21.5 Å². The number of rotatable bonds is 5. The maximum absolute atomic E-state index is 5.89. The summed E-state index contributed by atoms with van der Waals surface area (Å²) in [6, 6.07) is 13.6. The van der Waals surface area contributed by atoms with Gasteiger partial charge in [-0.25, -0.2) is 9.50 Å². The lowest BCUT2D eigenvalue weighted by atomic mass is 10.2. The highest BCUT2D eigenvalue weighted by molar-refractivity contribution is 7.08. The van der Waals surface area contributed by atoms with Gasteiger partial charge in [0.15, 0.2) is 5.65 Å². The van der Waals surface area contributed by atoms with Gasteiger partial charge in [-0.2, -0.15) is 11.3 Å². The standard InChI is InChI=1S/C18H14ClN3OS/c19-15-3-1-13(2-4-15)7-9-23-18-6-5-17-20-11-16(22(17)21-18)14-8-10-24-12-14/h1-6,8,10-12H,7,9H2. The first-order valence-corrected chi connectivity index (χ1v) is 8.86. The molecule has 4 aromatic rings. The molecule has 0 unspecified atom stereocenters. The lowest BCUT2D eigenvalue weighted by Gasteiger charge is -2.06. The summed E-state index contributed by atoms with van der Waals surface area (Å²) < 4.78 is 7.62. The van der Waals surface area contributed by atoms with Crippen LogP contribution in [-0.2, 0) is 6.42 Å². The summed E-state index contributed by atoms with van der Waals surface area (Å²) in [5.41, 5.74) is 4.07. The molecule has 0 amide bonds. The third kappa shape index (κ3) is 3.13. The second-order valence-electron chi connectivity index (χ2n) is 5.32. The SMILES string of the molecule is Clc1ccc(CCOc2ccc3ncc(-c4ccsc4)n3n2)cc1. The van der Waals surface area contributed by atoms with Crippen LogP contribution < -0.4 is 4.74 Å². The third-order valence-electron chi connectivity index (χ3n) is 3.71. The highest BCUT2D eigenvalue weighted by Gasteiger charge is 2.08. The Labute approximate surface area is 148 Å². The number of ether oxygens (including phenoxy) is 1. The highest BCUT2D eigenvalue weighted by Crippen LogP contribution is 2.23. The minimum absolute atomic E-state index is 0.558. The van der Waals surface area contributed by atoms with Crippen molar-refractivity contribution in [2.45, 2.75) is 6.42 Å². The van der Waals surface area contributed by atoms with E-state index >= 15 is 0 Å². The number of thiophene rings is 1. The fraction of sp³-hybridized carbons (Fsp3) is 0.111. The van der Waals surface area contributed by atoms with E-state index in [0.717, 1.165) is 28.3 Å². The van der Waals surface area contributed by atoms with Crippen molar-refractivity contribution < 1.29 is 4.74 Å². The first-order valence-electron chi connectivity index (χ1n) is 7.54.